The van der Waals surface area contributed by atoms with Crippen molar-refractivity contribution in [1.29, 1.82) is 0 Å². The van der Waals surface area contributed by atoms with Crippen LogP contribution in [0.15, 0.2) is 11.6 Å². The van der Waals surface area contributed by atoms with Crippen LogP contribution in [0.1, 0.15) is 120 Å². The van der Waals surface area contributed by atoms with E-state index in [0.717, 1.165) is 19.3 Å². The molecule has 0 aromatic carbocycles. The molecule has 4 fully saturated rings. The number of rotatable bonds is 1. The summed E-state index contributed by atoms with van der Waals surface area (Å²) in [5.41, 5.74) is 2.24. The maximum atomic E-state index is 14.3. The summed E-state index contributed by atoms with van der Waals surface area (Å²) in [7, 11) is 0. The fourth-order valence-electron chi connectivity index (χ4n) is 10.5. The highest BCUT2D eigenvalue weighted by atomic mass is 16.5. The first-order valence-electron chi connectivity index (χ1n) is 14.4. The highest BCUT2D eigenvalue weighted by Gasteiger charge is 2.69. The molecule has 5 aliphatic carbocycles. The van der Waals surface area contributed by atoms with Gasteiger partial charge in [0.2, 0.25) is 0 Å². The third kappa shape index (κ3) is 3.34. The van der Waals surface area contributed by atoms with Crippen LogP contribution in [0.2, 0.25) is 0 Å². The van der Waals surface area contributed by atoms with Gasteiger partial charge in [-0.15, -0.1) is 0 Å². The fourth-order valence-corrected chi connectivity index (χ4v) is 10.5. The van der Waals surface area contributed by atoms with Gasteiger partial charge in [-0.1, -0.05) is 67.0 Å². The van der Waals surface area contributed by atoms with E-state index in [1.165, 1.54) is 44.6 Å². The lowest BCUT2D eigenvalue weighted by molar-refractivity contribution is -0.192. The first-order chi connectivity index (χ1) is 16.0. The second-order valence-electron chi connectivity index (χ2n) is 15.8. The van der Waals surface area contributed by atoms with Crippen LogP contribution in [0.25, 0.3) is 0 Å². The molecular weight excluding hydrogens is 432 g/mol. The zero-order valence-electron chi connectivity index (χ0n) is 24.0. The molecule has 8 atom stereocenters. The smallest absolute Gasteiger partial charge is 0.302 e. The SMILES string of the molecule is CC(=O)O[C@H]1CC[C@]2(C)C3=CC[C@@]4(C)[C@@H]5CC(C)(C)CC[C@]5(C)CC[C@]4(C)[C@@H]3C(=O)C[C@H]2C1(C)C. The predicted octanol–water partition coefficient (Wildman–Crippen LogP) is 7.92. The number of carbonyl (C=O) groups is 2. The molecule has 0 heterocycles. The van der Waals surface area contributed by atoms with Gasteiger partial charge in [0.1, 0.15) is 11.9 Å². The largest absolute Gasteiger partial charge is 0.462 e. The Bertz CT molecular complexity index is 973. The standard InChI is InChI=1S/C32H50O3/c1-20(33)35-25-11-12-30(7)21-10-13-31(8)24-19-27(2,3)14-15-29(24,6)16-17-32(31,9)26(21)22(34)18-23(30)28(25,4)5/h10,23-26H,11-19H2,1-9H3/t23-,24+,25-,26-,29+,30+,31-,32+/m0/s1. The fraction of sp³-hybridized carbons (Fsp3) is 0.875. The number of fused-ring (bicyclic) bond motifs is 7. The van der Waals surface area contributed by atoms with Gasteiger partial charge in [0.05, 0.1) is 0 Å². The monoisotopic (exact) mass is 482 g/mol. The Labute approximate surface area is 214 Å². The van der Waals surface area contributed by atoms with Crippen molar-refractivity contribution >= 4 is 11.8 Å². The Balaban J connectivity index is 1.57. The van der Waals surface area contributed by atoms with Gasteiger partial charge in [-0.05, 0) is 90.3 Å². The molecule has 196 valence electrons. The number of Topliss-reactive ketones (excluding diaryl/α,β-unsaturated/α-hetero) is 1. The van der Waals surface area contributed by atoms with Crippen LogP contribution in [-0.2, 0) is 14.3 Å². The van der Waals surface area contributed by atoms with Crippen molar-refractivity contribution in [2.24, 2.45) is 50.2 Å². The molecule has 0 aromatic heterocycles. The number of ether oxygens (including phenoxy) is 1. The molecule has 0 saturated heterocycles. The normalized spacial score (nSPS) is 50.1. The van der Waals surface area contributed by atoms with E-state index in [9.17, 15) is 9.59 Å². The quantitative estimate of drug-likeness (QED) is 0.282. The highest BCUT2D eigenvalue weighted by molar-refractivity contribution is 5.87. The van der Waals surface area contributed by atoms with Crippen LogP contribution in [0.4, 0.5) is 0 Å². The molecular formula is C32H50O3. The highest BCUT2D eigenvalue weighted by Crippen LogP contribution is 2.75. The van der Waals surface area contributed by atoms with Gasteiger partial charge in [-0.3, -0.25) is 9.59 Å². The van der Waals surface area contributed by atoms with Crippen LogP contribution in [0.3, 0.4) is 0 Å². The molecule has 5 aliphatic rings. The van der Waals surface area contributed by atoms with Crippen molar-refractivity contribution in [2.75, 3.05) is 0 Å². The summed E-state index contributed by atoms with van der Waals surface area (Å²) in [4.78, 5) is 26.1. The van der Waals surface area contributed by atoms with Gasteiger partial charge in [-0.25, -0.2) is 0 Å². The molecule has 35 heavy (non-hydrogen) atoms. The minimum absolute atomic E-state index is 0.00958. The third-order valence-electron chi connectivity index (χ3n) is 13.1. The van der Waals surface area contributed by atoms with Gasteiger partial charge in [0.25, 0.3) is 0 Å². The van der Waals surface area contributed by atoms with E-state index in [0.29, 0.717) is 29.0 Å². The van der Waals surface area contributed by atoms with E-state index in [4.69, 9.17) is 4.74 Å². The zero-order chi connectivity index (χ0) is 25.8. The molecule has 0 radical (unpaired) electrons. The maximum absolute atomic E-state index is 14.3. The first-order valence-corrected chi connectivity index (χ1v) is 14.4. The van der Waals surface area contributed by atoms with Crippen LogP contribution < -0.4 is 0 Å². The predicted molar refractivity (Wildman–Crippen MR) is 141 cm³/mol. The zero-order valence-corrected chi connectivity index (χ0v) is 24.0. The Morgan fingerprint density at radius 2 is 1.54 bits per heavy atom. The van der Waals surface area contributed by atoms with Crippen molar-refractivity contribution in [2.45, 2.75) is 126 Å². The van der Waals surface area contributed by atoms with E-state index in [1.807, 2.05) is 0 Å². The van der Waals surface area contributed by atoms with Crippen LogP contribution in [0, 0.1) is 50.2 Å². The minimum atomic E-state index is -0.208. The van der Waals surface area contributed by atoms with Gasteiger partial charge in [-0.2, -0.15) is 0 Å². The van der Waals surface area contributed by atoms with Gasteiger partial charge >= 0.3 is 5.97 Å². The first kappa shape index (κ1) is 25.5. The summed E-state index contributed by atoms with van der Waals surface area (Å²) in [5, 5.41) is 0. The number of hydrogen-bond acceptors (Lipinski definition) is 3. The Hall–Kier alpha value is -1.12. The van der Waals surface area contributed by atoms with Crippen LogP contribution >= 0.6 is 0 Å². The lowest BCUT2D eigenvalue weighted by Crippen LogP contribution is -2.65. The van der Waals surface area contributed by atoms with Crippen molar-refractivity contribution in [3.05, 3.63) is 11.6 Å². The van der Waals surface area contributed by atoms with Crippen molar-refractivity contribution in [3.8, 4) is 0 Å². The molecule has 0 bridgehead atoms. The summed E-state index contributed by atoms with van der Waals surface area (Å²) >= 11 is 0. The number of hydrogen-bond donors (Lipinski definition) is 0. The van der Waals surface area contributed by atoms with Crippen LogP contribution in [-0.4, -0.2) is 17.9 Å². The van der Waals surface area contributed by atoms with Crippen molar-refractivity contribution < 1.29 is 14.3 Å². The molecule has 0 amide bonds. The molecule has 3 heteroatoms. The lowest BCUT2D eigenvalue weighted by Gasteiger charge is -2.70. The Kier molecular flexibility index (Phi) is 5.45. The summed E-state index contributed by atoms with van der Waals surface area (Å²) in [6.07, 6.45) is 12.5. The molecule has 5 rings (SSSR count). The topological polar surface area (TPSA) is 43.4 Å². The molecule has 0 aromatic rings. The summed E-state index contributed by atoms with van der Waals surface area (Å²) in [6, 6.07) is 0. The van der Waals surface area contributed by atoms with Gasteiger partial charge in [0.15, 0.2) is 0 Å². The Morgan fingerprint density at radius 1 is 0.886 bits per heavy atom. The number of ketones is 1. The van der Waals surface area contributed by atoms with Crippen LogP contribution in [0.5, 0.6) is 0 Å². The minimum Gasteiger partial charge on any atom is -0.462 e. The molecule has 0 spiro atoms. The second-order valence-corrected chi connectivity index (χ2v) is 15.8. The average molecular weight is 483 g/mol. The van der Waals surface area contributed by atoms with E-state index >= 15 is 0 Å². The lowest BCUT2D eigenvalue weighted by atomic mass is 9.34. The van der Waals surface area contributed by atoms with E-state index in [2.05, 4.69) is 61.5 Å². The van der Waals surface area contributed by atoms with E-state index in [1.54, 1.807) is 0 Å². The van der Waals surface area contributed by atoms with Gasteiger partial charge in [0, 0.05) is 24.7 Å². The van der Waals surface area contributed by atoms with E-state index in [-0.39, 0.29) is 45.6 Å². The molecule has 4 saturated carbocycles. The molecule has 0 unspecified atom stereocenters. The van der Waals surface area contributed by atoms with E-state index < -0.39 is 0 Å². The number of allylic oxidation sites excluding steroid dienone is 2. The molecule has 0 aliphatic heterocycles. The average Bonchev–Trinajstić information content (AvgIpc) is 2.74. The second kappa shape index (κ2) is 7.47. The number of carbonyl (C=O) groups excluding carboxylic acids is 2. The molecule has 0 N–H and O–H groups in total. The summed E-state index contributed by atoms with van der Waals surface area (Å²) in [5.74, 6) is 1.20. The summed E-state index contributed by atoms with van der Waals surface area (Å²) in [6.45, 7) is 21.0. The third-order valence-corrected chi connectivity index (χ3v) is 13.1. The van der Waals surface area contributed by atoms with Crippen molar-refractivity contribution in [3.63, 3.8) is 0 Å². The van der Waals surface area contributed by atoms with Crippen molar-refractivity contribution in [1.82, 2.24) is 0 Å². The number of esters is 1. The maximum Gasteiger partial charge on any atom is 0.302 e. The van der Waals surface area contributed by atoms with Gasteiger partial charge < -0.3 is 4.74 Å². The molecule has 3 nitrogen and oxygen atoms in total. The summed E-state index contributed by atoms with van der Waals surface area (Å²) < 4.78 is 5.81. The Morgan fingerprint density at radius 3 is 2.20 bits per heavy atom.